The molecular weight excluding hydrogens is 316 g/mol. The van der Waals surface area contributed by atoms with Crippen molar-refractivity contribution in [1.82, 2.24) is 14.8 Å². The van der Waals surface area contributed by atoms with Gasteiger partial charge in [-0.1, -0.05) is 31.5 Å². The molecule has 0 spiro atoms. The molecule has 2 aliphatic rings. The second-order valence-electron chi connectivity index (χ2n) is 6.46. The normalized spacial score (nSPS) is 19.2. The molecule has 0 radical (unpaired) electrons. The van der Waals surface area contributed by atoms with E-state index < -0.39 is 0 Å². The molecule has 0 saturated heterocycles. The van der Waals surface area contributed by atoms with E-state index in [1.54, 1.807) is 4.68 Å². The van der Waals surface area contributed by atoms with E-state index in [-0.39, 0.29) is 11.8 Å². The van der Waals surface area contributed by atoms with Crippen molar-refractivity contribution >= 4 is 11.7 Å². The molecule has 1 aromatic carbocycles. The SMILES string of the molecule is CCCCOc1ccccc1C1C2=C(CCCC2=O)Nc2ncnn21. The van der Waals surface area contributed by atoms with Crippen molar-refractivity contribution in [3.05, 3.63) is 47.4 Å². The highest BCUT2D eigenvalue weighted by Gasteiger charge is 2.37. The standard InChI is InChI=1S/C19H22N4O2/c1-2-3-11-25-16-10-5-4-7-13(16)18-17-14(8-6-9-15(17)24)22-19-20-12-21-23(18)19/h4-5,7,10,12,18H,2-3,6,8-9,11H2,1H3,(H,20,21,22). The number of hydrogen-bond acceptors (Lipinski definition) is 5. The van der Waals surface area contributed by atoms with E-state index in [9.17, 15) is 4.79 Å². The number of Topliss-reactive ketones (excluding diaryl/α,β-unsaturated/α-hetero) is 1. The molecule has 0 fully saturated rings. The van der Waals surface area contributed by atoms with Gasteiger partial charge in [0.25, 0.3) is 0 Å². The molecule has 130 valence electrons. The largest absolute Gasteiger partial charge is 0.493 e. The van der Waals surface area contributed by atoms with E-state index in [4.69, 9.17) is 4.74 Å². The molecule has 1 atom stereocenters. The summed E-state index contributed by atoms with van der Waals surface area (Å²) in [5.74, 6) is 1.68. The van der Waals surface area contributed by atoms with Crippen LogP contribution in [0, 0.1) is 0 Å². The minimum absolute atomic E-state index is 0.184. The molecule has 6 heteroatoms. The predicted octanol–water partition coefficient (Wildman–Crippen LogP) is 3.48. The Bertz CT molecular complexity index is 824. The minimum Gasteiger partial charge on any atom is -0.493 e. The van der Waals surface area contributed by atoms with E-state index in [0.717, 1.165) is 48.3 Å². The van der Waals surface area contributed by atoms with Crippen molar-refractivity contribution in [1.29, 1.82) is 0 Å². The molecule has 2 aromatic rings. The number of nitrogens with zero attached hydrogens (tertiary/aromatic N) is 3. The van der Waals surface area contributed by atoms with Gasteiger partial charge in [-0.2, -0.15) is 10.1 Å². The highest BCUT2D eigenvalue weighted by molar-refractivity contribution is 5.99. The predicted molar refractivity (Wildman–Crippen MR) is 94.5 cm³/mol. The van der Waals surface area contributed by atoms with Crippen LogP contribution in [0.3, 0.4) is 0 Å². The van der Waals surface area contributed by atoms with Crippen molar-refractivity contribution in [2.45, 2.75) is 45.1 Å². The molecule has 1 N–H and O–H groups in total. The van der Waals surface area contributed by atoms with Gasteiger partial charge in [-0.15, -0.1) is 0 Å². The Morgan fingerprint density at radius 2 is 2.20 bits per heavy atom. The van der Waals surface area contributed by atoms with E-state index in [0.29, 0.717) is 19.0 Å². The molecule has 1 unspecified atom stereocenters. The van der Waals surface area contributed by atoms with Crippen LogP contribution in [0.4, 0.5) is 5.95 Å². The van der Waals surface area contributed by atoms with Crippen LogP contribution < -0.4 is 10.1 Å². The molecule has 6 nitrogen and oxygen atoms in total. The van der Waals surface area contributed by atoms with Gasteiger partial charge in [0, 0.05) is 23.3 Å². The third kappa shape index (κ3) is 2.81. The lowest BCUT2D eigenvalue weighted by atomic mass is 9.85. The van der Waals surface area contributed by atoms with Crippen LogP contribution in [-0.2, 0) is 4.79 Å². The van der Waals surface area contributed by atoms with Crippen LogP contribution in [0.2, 0.25) is 0 Å². The smallest absolute Gasteiger partial charge is 0.226 e. The van der Waals surface area contributed by atoms with E-state index >= 15 is 0 Å². The van der Waals surface area contributed by atoms with E-state index in [1.807, 2.05) is 24.3 Å². The number of hydrogen-bond donors (Lipinski definition) is 1. The van der Waals surface area contributed by atoms with Gasteiger partial charge in [0.15, 0.2) is 5.78 Å². The third-order valence-electron chi connectivity index (χ3n) is 4.78. The van der Waals surface area contributed by atoms with Crippen molar-refractivity contribution in [3.8, 4) is 5.75 Å². The van der Waals surface area contributed by atoms with Gasteiger partial charge in [-0.25, -0.2) is 4.68 Å². The summed E-state index contributed by atoms with van der Waals surface area (Å²) in [7, 11) is 0. The average Bonchev–Trinajstić information content (AvgIpc) is 3.09. The quantitative estimate of drug-likeness (QED) is 0.845. The van der Waals surface area contributed by atoms with Crippen molar-refractivity contribution < 1.29 is 9.53 Å². The molecule has 1 aromatic heterocycles. The lowest BCUT2D eigenvalue weighted by Crippen LogP contribution is -2.31. The maximum absolute atomic E-state index is 12.7. The first kappa shape index (κ1) is 15.9. The summed E-state index contributed by atoms with van der Waals surface area (Å²) in [6, 6.07) is 7.66. The highest BCUT2D eigenvalue weighted by atomic mass is 16.5. The summed E-state index contributed by atoms with van der Waals surface area (Å²) in [6.07, 6.45) is 5.93. The Hall–Kier alpha value is -2.63. The molecule has 1 aliphatic heterocycles. The van der Waals surface area contributed by atoms with Crippen molar-refractivity contribution in [2.75, 3.05) is 11.9 Å². The molecule has 0 bridgehead atoms. The summed E-state index contributed by atoms with van der Waals surface area (Å²) in [5.41, 5.74) is 2.75. The molecule has 0 saturated carbocycles. The topological polar surface area (TPSA) is 69.0 Å². The zero-order chi connectivity index (χ0) is 17.2. The number of benzene rings is 1. The first-order valence-electron chi connectivity index (χ1n) is 8.94. The number of aromatic nitrogens is 3. The van der Waals surface area contributed by atoms with Gasteiger partial charge in [0.05, 0.1) is 6.61 Å². The van der Waals surface area contributed by atoms with E-state index in [2.05, 4.69) is 22.3 Å². The number of ketones is 1. The number of rotatable bonds is 5. The van der Waals surface area contributed by atoms with Crippen LogP contribution in [0.5, 0.6) is 5.75 Å². The monoisotopic (exact) mass is 338 g/mol. The van der Waals surface area contributed by atoms with Crippen molar-refractivity contribution in [3.63, 3.8) is 0 Å². The Labute approximate surface area is 146 Å². The molecule has 1 aliphatic carbocycles. The van der Waals surface area contributed by atoms with Gasteiger partial charge in [-0.3, -0.25) is 4.79 Å². The first-order valence-corrected chi connectivity index (χ1v) is 8.94. The maximum atomic E-state index is 12.7. The summed E-state index contributed by atoms with van der Waals surface area (Å²) >= 11 is 0. The molecular formula is C19H22N4O2. The number of nitrogens with one attached hydrogen (secondary N) is 1. The second-order valence-corrected chi connectivity index (χ2v) is 6.46. The van der Waals surface area contributed by atoms with Crippen LogP contribution in [0.25, 0.3) is 0 Å². The number of carbonyl (C=O) groups excluding carboxylic acids is 1. The summed E-state index contributed by atoms with van der Waals surface area (Å²) < 4.78 is 7.82. The maximum Gasteiger partial charge on any atom is 0.226 e. The second kappa shape index (κ2) is 6.70. The number of fused-ring (bicyclic) bond motifs is 1. The summed E-state index contributed by atoms with van der Waals surface area (Å²) in [6.45, 7) is 2.81. The molecule has 25 heavy (non-hydrogen) atoms. The first-order chi connectivity index (χ1) is 12.3. The molecule has 0 amide bonds. The third-order valence-corrected chi connectivity index (χ3v) is 4.78. The van der Waals surface area contributed by atoms with Crippen LogP contribution in [0.1, 0.15) is 50.6 Å². The number of unbranched alkanes of at least 4 members (excludes halogenated alkanes) is 1. The number of para-hydroxylation sites is 1. The van der Waals surface area contributed by atoms with Gasteiger partial charge in [0.1, 0.15) is 18.1 Å². The number of ether oxygens (including phenoxy) is 1. The number of anilines is 1. The van der Waals surface area contributed by atoms with Crippen LogP contribution in [-0.4, -0.2) is 27.2 Å². The van der Waals surface area contributed by atoms with Crippen LogP contribution in [0.15, 0.2) is 41.9 Å². The average molecular weight is 338 g/mol. The number of carbonyl (C=O) groups is 1. The summed E-state index contributed by atoms with van der Waals surface area (Å²) in [5, 5.41) is 7.67. The van der Waals surface area contributed by atoms with Gasteiger partial charge in [-0.05, 0) is 25.3 Å². The Morgan fingerprint density at radius 1 is 1.32 bits per heavy atom. The zero-order valence-corrected chi connectivity index (χ0v) is 14.4. The fourth-order valence-corrected chi connectivity index (χ4v) is 3.55. The van der Waals surface area contributed by atoms with Gasteiger partial charge in [0.2, 0.25) is 5.95 Å². The Kier molecular flexibility index (Phi) is 4.26. The van der Waals surface area contributed by atoms with Gasteiger partial charge < -0.3 is 10.1 Å². The van der Waals surface area contributed by atoms with Crippen molar-refractivity contribution in [2.24, 2.45) is 0 Å². The lowest BCUT2D eigenvalue weighted by Gasteiger charge is -2.32. The summed E-state index contributed by atoms with van der Waals surface area (Å²) in [4.78, 5) is 17.0. The van der Waals surface area contributed by atoms with Crippen LogP contribution >= 0.6 is 0 Å². The Balaban J connectivity index is 1.80. The molecule has 2 heterocycles. The highest BCUT2D eigenvalue weighted by Crippen LogP contribution is 2.42. The zero-order valence-electron chi connectivity index (χ0n) is 14.4. The number of allylic oxidation sites excluding steroid dienone is 2. The minimum atomic E-state index is -0.278. The van der Waals surface area contributed by atoms with Gasteiger partial charge >= 0.3 is 0 Å². The molecule has 4 rings (SSSR count). The fourth-order valence-electron chi connectivity index (χ4n) is 3.55. The Morgan fingerprint density at radius 3 is 3.08 bits per heavy atom. The lowest BCUT2D eigenvalue weighted by molar-refractivity contribution is -0.116. The van der Waals surface area contributed by atoms with E-state index in [1.165, 1.54) is 6.33 Å². The fraction of sp³-hybridized carbons (Fsp3) is 0.421.